The standard InChI is InChI=1S/C6H9F/c1-2-6(7)4-3-5-6/h2H,1,3-5H2. The van der Waals surface area contributed by atoms with Gasteiger partial charge in [-0.3, -0.25) is 0 Å². The zero-order valence-corrected chi connectivity index (χ0v) is 4.28. The second-order valence-electron chi connectivity index (χ2n) is 2.09. The monoisotopic (exact) mass is 100 g/mol. The van der Waals surface area contributed by atoms with Crippen LogP contribution in [0.15, 0.2) is 12.7 Å². The molecule has 0 amide bonds. The quantitative estimate of drug-likeness (QED) is 0.442. The summed E-state index contributed by atoms with van der Waals surface area (Å²) in [5.41, 5.74) is -0.972. The molecule has 0 unspecified atom stereocenters. The Morgan fingerprint density at radius 1 is 1.57 bits per heavy atom. The Morgan fingerprint density at radius 3 is 2.14 bits per heavy atom. The van der Waals surface area contributed by atoms with Crippen molar-refractivity contribution >= 4 is 0 Å². The molecule has 0 radical (unpaired) electrons. The summed E-state index contributed by atoms with van der Waals surface area (Å²) < 4.78 is 12.5. The molecular formula is C6H9F. The van der Waals surface area contributed by atoms with Crippen molar-refractivity contribution in [1.82, 2.24) is 0 Å². The Morgan fingerprint density at radius 2 is 2.14 bits per heavy atom. The molecule has 0 aromatic carbocycles. The molecule has 1 heteroatoms. The summed E-state index contributed by atoms with van der Waals surface area (Å²) in [5, 5.41) is 0. The predicted molar refractivity (Wildman–Crippen MR) is 27.9 cm³/mol. The normalized spacial score (nSPS) is 25.9. The second-order valence-corrected chi connectivity index (χ2v) is 2.09. The molecule has 0 aromatic rings. The fraction of sp³-hybridized carbons (Fsp3) is 0.667. The van der Waals surface area contributed by atoms with Crippen molar-refractivity contribution in [2.75, 3.05) is 0 Å². The van der Waals surface area contributed by atoms with Crippen molar-refractivity contribution < 1.29 is 4.39 Å². The van der Waals surface area contributed by atoms with Crippen LogP contribution in [-0.2, 0) is 0 Å². The first-order chi connectivity index (χ1) is 3.27. The van der Waals surface area contributed by atoms with E-state index in [9.17, 15) is 4.39 Å². The first kappa shape index (κ1) is 4.82. The van der Waals surface area contributed by atoms with Gasteiger partial charge in [-0.2, -0.15) is 0 Å². The maximum Gasteiger partial charge on any atom is 0.128 e. The van der Waals surface area contributed by atoms with E-state index >= 15 is 0 Å². The molecule has 1 aliphatic carbocycles. The summed E-state index contributed by atoms with van der Waals surface area (Å²) in [6, 6.07) is 0. The Kier molecular flexibility index (Phi) is 0.911. The summed E-state index contributed by atoms with van der Waals surface area (Å²) in [7, 11) is 0. The summed E-state index contributed by atoms with van der Waals surface area (Å²) in [6.45, 7) is 3.38. The van der Waals surface area contributed by atoms with Crippen molar-refractivity contribution in [3.8, 4) is 0 Å². The molecule has 0 nitrogen and oxygen atoms in total. The Bertz CT molecular complexity index is 82.2. The summed E-state index contributed by atoms with van der Waals surface area (Å²) in [4.78, 5) is 0. The molecule has 0 N–H and O–H groups in total. The highest BCUT2D eigenvalue weighted by molar-refractivity contribution is 5.02. The van der Waals surface area contributed by atoms with Gasteiger partial charge in [-0.1, -0.05) is 12.7 Å². The largest absolute Gasteiger partial charge is 0.239 e. The van der Waals surface area contributed by atoms with Gasteiger partial charge in [0.1, 0.15) is 5.67 Å². The van der Waals surface area contributed by atoms with Crippen LogP contribution in [0.1, 0.15) is 19.3 Å². The average molecular weight is 100 g/mol. The van der Waals surface area contributed by atoms with E-state index in [2.05, 4.69) is 6.58 Å². The molecule has 1 rings (SSSR count). The third-order valence-electron chi connectivity index (χ3n) is 1.55. The van der Waals surface area contributed by atoms with Gasteiger partial charge in [-0.05, 0) is 19.3 Å². The van der Waals surface area contributed by atoms with Gasteiger partial charge < -0.3 is 0 Å². The lowest BCUT2D eigenvalue weighted by Crippen LogP contribution is -2.28. The fourth-order valence-electron chi connectivity index (χ4n) is 0.719. The van der Waals surface area contributed by atoms with E-state index < -0.39 is 5.67 Å². The lowest BCUT2D eigenvalue weighted by Gasteiger charge is -2.29. The van der Waals surface area contributed by atoms with Crippen LogP contribution in [0.3, 0.4) is 0 Å². The van der Waals surface area contributed by atoms with Crippen molar-refractivity contribution in [2.24, 2.45) is 0 Å². The summed E-state index contributed by atoms with van der Waals surface area (Å²) in [6.07, 6.45) is 3.83. The molecular weight excluding hydrogens is 91.1 g/mol. The Hall–Kier alpha value is -0.330. The van der Waals surface area contributed by atoms with Crippen molar-refractivity contribution in [3.63, 3.8) is 0 Å². The maximum atomic E-state index is 12.5. The molecule has 0 aromatic heterocycles. The zero-order valence-electron chi connectivity index (χ0n) is 4.28. The molecule has 0 atom stereocenters. The Labute approximate surface area is 43.0 Å². The van der Waals surface area contributed by atoms with E-state index in [1.165, 1.54) is 6.08 Å². The highest BCUT2D eigenvalue weighted by Gasteiger charge is 2.32. The van der Waals surface area contributed by atoms with Gasteiger partial charge >= 0.3 is 0 Å². The number of alkyl halides is 1. The topological polar surface area (TPSA) is 0 Å². The molecule has 0 saturated heterocycles. The maximum absolute atomic E-state index is 12.5. The third kappa shape index (κ3) is 0.671. The first-order valence-corrected chi connectivity index (χ1v) is 2.59. The second kappa shape index (κ2) is 1.32. The molecule has 0 aliphatic heterocycles. The van der Waals surface area contributed by atoms with Crippen LogP contribution in [0.25, 0.3) is 0 Å². The predicted octanol–water partition coefficient (Wildman–Crippen LogP) is 2.06. The molecule has 1 aliphatic rings. The minimum atomic E-state index is -0.972. The Balaban J connectivity index is 2.43. The molecule has 7 heavy (non-hydrogen) atoms. The fourth-order valence-corrected chi connectivity index (χ4v) is 0.719. The van der Waals surface area contributed by atoms with Gasteiger partial charge in [0.25, 0.3) is 0 Å². The van der Waals surface area contributed by atoms with Gasteiger partial charge in [0.2, 0.25) is 0 Å². The third-order valence-corrected chi connectivity index (χ3v) is 1.55. The van der Waals surface area contributed by atoms with Gasteiger partial charge in [0.05, 0.1) is 0 Å². The average Bonchev–Trinajstić information content (AvgIpc) is 1.61. The molecule has 0 heterocycles. The summed E-state index contributed by atoms with van der Waals surface area (Å²) in [5.74, 6) is 0. The molecule has 0 spiro atoms. The van der Waals surface area contributed by atoms with E-state index in [0.717, 1.165) is 6.42 Å². The smallest absolute Gasteiger partial charge is 0.128 e. The van der Waals surface area contributed by atoms with Gasteiger partial charge in [-0.15, -0.1) is 0 Å². The van der Waals surface area contributed by atoms with Crippen molar-refractivity contribution in [3.05, 3.63) is 12.7 Å². The molecule has 0 bridgehead atoms. The van der Waals surface area contributed by atoms with Gasteiger partial charge in [0, 0.05) is 0 Å². The van der Waals surface area contributed by atoms with E-state index in [0.29, 0.717) is 12.8 Å². The van der Waals surface area contributed by atoms with Gasteiger partial charge in [0.15, 0.2) is 0 Å². The minimum Gasteiger partial charge on any atom is -0.239 e. The minimum absolute atomic E-state index is 0.691. The highest BCUT2D eigenvalue weighted by Crippen LogP contribution is 2.36. The van der Waals surface area contributed by atoms with Crippen LogP contribution < -0.4 is 0 Å². The summed E-state index contributed by atoms with van der Waals surface area (Å²) >= 11 is 0. The lowest BCUT2D eigenvalue weighted by molar-refractivity contribution is 0.120. The molecule has 40 valence electrons. The van der Waals surface area contributed by atoms with Crippen LogP contribution >= 0.6 is 0 Å². The first-order valence-electron chi connectivity index (χ1n) is 2.59. The highest BCUT2D eigenvalue weighted by atomic mass is 19.1. The van der Waals surface area contributed by atoms with Gasteiger partial charge in [-0.25, -0.2) is 4.39 Å². The van der Waals surface area contributed by atoms with Crippen molar-refractivity contribution in [2.45, 2.75) is 24.9 Å². The molecule has 1 saturated carbocycles. The van der Waals surface area contributed by atoms with E-state index in [4.69, 9.17) is 0 Å². The van der Waals surface area contributed by atoms with Crippen LogP contribution in [0, 0.1) is 0 Å². The number of hydrogen-bond donors (Lipinski definition) is 0. The number of halogens is 1. The van der Waals surface area contributed by atoms with E-state index in [-0.39, 0.29) is 0 Å². The van der Waals surface area contributed by atoms with Crippen LogP contribution in [0.5, 0.6) is 0 Å². The van der Waals surface area contributed by atoms with Crippen LogP contribution in [-0.4, -0.2) is 5.67 Å². The van der Waals surface area contributed by atoms with Crippen LogP contribution in [0.4, 0.5) is 4.39 Å². The number of hydrogen-bond acceptors (Lipinski definition) is 0. The zero-order chi connectivity index (χ0) is 5.33. The number of allylic oxidation sites excluding steroid dienone is 1. The lowest BCUT2D eigenvalue weighted by atomic mass is 9.82. The van der Waals surface area contributed by atoms with Crippen LogP contribution in [0.2, 0.25) is 0 Å². The van der Waals surface area contributed by atoms with E-state index in [1.54, 1.807) is 0 Å². The SMILES string of the molecule is C=CC1(F)CCC1. The van der Waals surface area contributed by atoms with E-state index in [1.807, 2.05) is 0 Å². The van der Waals surface area contributed by atoms with Crippen molar-refractivity contribution in [1.29, 1.82) is 0 Å². The number of rotatable bonds is 1. The molecule has 1 fully saturated rings.